The highest BCUT2D eigenvalue weighted by Gasteiger charge is 2.24. The van der Waals surface area contributed by atoms with E-state index in [2.05, 4.69) is 0 Å². The summed E-state index contributed by atoms with van der Waals surface area (Å²) in [4.78, 5) is 37.6. The van der Waals surface area contributed by atoms with Gasteiger partial charge in [0.25, 0.3) is 11.2 Å². The molecule has 9 nitrogen and oxygen atoms in total. The molecule has 36 heavy (non-hydrogen) atoms. The van der Waals surface area contributed by atoms with Gasteiger partial charge in [-0.25, -0.2) is 4.79 Å². The van der Waals surface area contributed by atoms with E-state index in [0.717, 1.165) is 20.9 Å². The second-order valence-corrected chi connectivity index (χ2v) is 9.30. The first-order valence-electron chi connectivity index (χ1n) is 11.7. The molecule has 0 bridgehead atoms. The molecular formula is C27H25N5O4. The second-order valence-electron chi connectivity index (χ2n) is 9.30. The van der Waals surface area contributed by atoms with Gasteiger partial charge in [-0.15, -0.1) is 0 Å². The van der Waals surface area contributed by atoms with Crippen molar-refractivity contribution in [2.45, 2.75) is 26.9 Å². The van der Waals surface area contributed by atoms with Gasteiger partial charge in [0.15, 0.2) is 5.65 Å². The van der Waals surface area contributed by atoms with Crippen LogP contribution in [-0.4, -0.2) is 23.8 Å². The highest BCUT2D eigenvalue weighted by Crippen LogP contribution is 2.30. The average molecular weight is 484 g/mol. The van der Waals surface area contributed by atoms with Crippen molar-refractivity contribution in [3.05, 3.63) is 103 Å². The Kier molecular flexibility index (Phi) is 5.75. The van der Waals surface area contributed by atoms with E-state index in [-0.39, 0.29) is 22.6 Å². The summed E-state index contributed by atoms with van der Waals surface area (Å²) < 4.78 is 4.28. The van der Waals surface area contributed by atoms with Gasteiger partial charge in [-0.05, 0) is 22.3 Å². The largest absolute Gasteiger partial charge is 0.332 e. The molecule has 3 aromatic carbocycles. The maximum Gasteiger partial charge on any atom is 0.332 e. The lowest BCUT2D eigenvalue weighted by Gasteiger charge is -2.11. The Morgan fingerprint density at radius 1 is 1.00 bits per heavy atom. The minimum Gasteiger partial charge on any atom is -0.276 e. The first-order valence-corrected chi connectivity index (χ1v) is 11.7. The van der Waals surface area contributed by atoms with Crippen molar-refractivity contribution in [3.63, 3.8) is 0 Å². The van der Waals surface area contributed by atoms with Crippen LogP contribution in [0.4, 0.5) is 5.69 Å². The number of aromatic nitrogens is 4. The number of nitrogens with zero attached hydrogens (tertiary/aromatic N) is 5. The number of nitro benzene ring substituents is 1. The number of fused-ring (bicyclic) bond motifs is 2. The van der Waals surface area contributed by atoms with E-state index in [1.54, 1.807) is 16.8 Å². The van der Waals surface area contributed by atoms with Crippen LogP contribution in [0.1, 0.15) is 19.4 Å². The molecule has 0 N–H and O–H groups in total. The van der Waals surface area contributed by atoms with E-state index in [1.165, 1.54) is 23.7 Å². The van der Waals surface area contributed by atoms with Gasteiger partial charge in [-0.2, -0.15) is 5.10 Å². The van der Waals surface area contributed by atoms with Crippen molar-refractivity contribution in [1.82, 2.24) is 18.9 Å². The van der Waals surface area contributed by atoms with Crippen molar-refractivity contribution in [3.8, 4) is 11.3 Å². The summed E-state index contributed by atoms with van der Waals surface area (Å²) in [7, 11) is 1.44. The highest BCUT2D eigenvalue weighted by atomic mass is 16.6. The van der Waals surface area contributed by atoms with E-state index in [4.69, 9.17) is 5.10 Å². The Morgan fingerprint density at radius 2 is 1.72 bits per heavy atom. The van der Waals surface area contributed by atoms with Crippen LogP contribution < -0.4 is 11.2 Å². The van der Waals surface area contributed by atoms with E-state index in [0.29, 0.717) is 24.3 Å². The molecule has 5 rings (SSSR count). The smallest absolute Gasteiger partial charge is 0.276 e. The molecular weight excluding hydrogens is 458 g/mol. The van der Waals surface area contributed by atoms with Crippen LogP contribution in [0, 0.1) is 16.0 Å². The van der Waals surface area contributed by atoms with Gasteiger partial charge in [0.2, 0.25) is 0 Å². The fraction of sp³-hybridized carbons (Fsp3) is 0.222. The molecule has 5 aromatic rings. The zero-order chi connectivity index (χ0) is 25.6. The number of benzene rings is 3. The zero-order valence-electron chi connectivity index (χ0n) is 20.2. The van der Waals surface area contributed by atoms with Gasteiger partial charge in [-0.3, -0.25) is 28.7 Å². The molecule has 0 aliphatic carbocycles. The summed E-state index contributed by atoms with van der Waals surface area (Å²) in [6.45, 7) is 4.66. The molecule has 0 aliphatic rings. The molecule has 182 valence electrons. The molecule has 0 spiro atoms. The summed E-state index contributed by atoms with van der Waals surface area (Å²) in [5.74, 6) is 0.132. The summed E-state index contributed by atoms with van der Waals surface area (Å²) >= 11 is 0. The van der Waals surface area contributed by atoms with Crippen LogP contribution in [0.3, 0.4) is 0 Å². The number of hydrogen-bond donors (Lipinski definition) is 0. The standard InChI is InChI=1S/C27H25N5O4/c1-17(2)15-30-25-23(26(33)29(3)27(30)34)24(19-10-7-12-21(14-19)32(35)36)31(28-25)16-20-11-6-9-18-8-4-5-13-22(18)20/h4-14,17H,15-16H2,1-3H3. The summed E-state index contributed by atoms with van der Waals surface area (Å²) in [5.41, 5.74) is 1.16. The molecule has 0 aliphatic heterocycles. The lowest BCUT2D eigenvalue weighted by atomic mass is 10.0. The van der Waals surface area contributed by atoms with Crippen molar-refractivity contribution in [2.24, 2.45) is 13.0 Å². The summed E-state index contributed by atoms with van der Waals surface area (Å²) in [6, 6.07) is 20.1. The van der Waals surface area contributed by atoms with Gasteiger partial charge in [0, 0.05) is 31.3 Å². The van der Waals surface area contributed by atoms with Gasteiger partial charge in [-0.1, -0.05) is 68.4 Å². The van der Waals surface area contributed by atoms with Crippen molar-refractivity contribution >= 4 is 27.5 Å². The minimum absolute atomic E-state index is 0.0918. The maximum absolute atomic E-state index is 13.4. The molecule has 0 unspecified atom stereocenters. The van der Waals surface area contributed by atoms with Crippen LogP contribution in [0.2, 0.25) is 0 Å². The molecule has 0 saturated carbocycles. The van der Waals surface area contributed by atoms with Gasteiger partial charge in [0.1, 0.15) is 5.39 Å². The normalized spacial score (nSPS) is 11.6. The molecule has 0 saturated heterocycles. The van der Waals surface area contributed by atoms with Crippen molar-refractivity contribution in [1.29, 1.82) is 0 Å². The number of rotatable bonds is 6. The van der Waals surface area contributed by atoms with Crippen LogP contribution in [0.15, 0.2) is 76.3 Å². The third kappa shape index (κ3) is 3.88. The second kappa shape index (κ2) is 8.92. The predicted molar refractivity (Wildman–Crippen MR) is 139 cm³/mol. The summed E-state index contributed by atoms with van der Waals surface area (Å²) in [5, 5.41) is 18.7. The average Bonchev–Trinajstić information content (AvgIpc) is 3.24. The van der Waals surface area contributed by atoms with Gasteiger partial charge in [0.05, 0.1) is 17.2 Å². The van der Waals surface area contributed by atoms with E-state index in [1.807, 2.05) is 56.3 Å². The fourth-order valence-corrected chi connectivity index (χ4v) is 4.66. The van der Waals surface area contributed by atoms with E-state index in [9.17, 15) is 19.7 Å². The molecule has 0 amide bonds. The van der Waals surface area contributed by atoms with Crippen molar-refractivity contribution in [2.75, 3.05) is 0 Å². The van der Waals surface area contributed by atoms with Crippen LogP contribution in [0.25, 0.3) is 33.1 Å². The first-order chi connectivity index (χ1) is 17.3. The number of hydrogen-bond acceptors (Lipinski definition) is 5. The summed E-state index contributed by atoms with van der Waals surface area (Å²) in [6.07, 6.45) is 0. The van der Waals surface area contributed by atoms with Gasteiger partial charge >= 0.3 is 5.69 Å². The SMILES string of the molecule is CC(C)Cn1c(=O)n(C)c(=O)c2c(-c3cccc([N+](=O)[O-])c3)n(Cc3cccc4ccccc34)nc21. The molecule has 0 atom stereocenters. The highest BCUT2D eigenvalue weighted by molar-refractivity contribution is 5.92. The number of non-ortho nitro benzene ring substituents is 1. The minimum atomic E-state index is -0.485. The first kappa shape index (κ1) is 23.2. The van der Waals surface area contributed by atoms with Crippen LogP contribution >= 0.6 is 0 Å². The quantitative estimate of drug-likeness (QED) is 0.264. The Balaban J connectivity index is 1.86. The lowest BCUT2D eigenvalue weighted by Crippen LogP contribution is -2.38. The van der Waals surface area contributed by atoms with Gasteiger partial charge < -0.3 is 0 Å². The van der Waals surface area contributed by atoms with E-state index >= 15 is 0 Å². The topological polar surface area (TPSA) is 105 Å². The Bertz CT molecular complexity index is 1760. The zero-order valence-corrected chi connectivity index (χ0v) is 20.2. The molecule has 0 fully saturated rings. The Morgan fingerprint density at radius 3 is 2.47 bits per heavy atom. The van der Waals surface area contributed by atoms with Crippen molar-refractivity contribution < 1.29 is 4.92 Å². The van der Waals surface area contributed by atoms with E-state index < -0.39 is 16.2 Å². The van der Waals surface area contributed by atoms with Crippen LogP contribution in [-0.2, 0) is 20.1 Å². The third-order valence-corrected chi connectivity index (χ3v) is 6.30. The monoisotopic (exact) mass is 483 g/mol. The Hall–Kier alpha value is -4.53. The third-order valence-electron chi connectivity index (χ3n) is 6.30. The Labute approximate surface area is 206 Å². The molecule has 2 heterocycles. The molecule has 9 heteroatoms. The molecule has 2 aromatic heterocycles. The predicted octanol–water partition coefficient (Wildman–Crippen LogP) is 4.33. The number of nitro groups is 1. The fourth-order valence-electron chi connectivity index (χ4n) is 4.66. The molecule has 0 radical (unpaired) electrons. The maximum atomic E-state index is 13.4. The lowest BCUT2D eigenvalue weighted by molar-refractivity contribution is -0.384. The van der Waals surface area contributed by atoms with Crippen LogP contribution in [0.5, 0.6) is 0 Å².